The maximum atomic E-state index is 11.3. The van der Waals surface area contributed by atoms with E-state index in [1.54, 1.807) is 0 Å². The summed E-state index contributed by atoms with van der Waals surface area (Å²) in [5, 5.41) is 20.4. The molecule has 1 aromatic rings. The summed E-state index contributed by atoms with van der Waals surface area (Å²) in [6.45, 7) is 1.75. The summed E-state index contributed by atoms with van der Waals surface area (Å²) in [6, 6.07) is 0. The third-order valence-corrected chi connectivity index (χ3v) is 3.16. The number of nitrogens with zero attached hydrogens (tertiary/aromatic N) is 3. The van der Waals surface area contributed by atoms with E-state index in [2.05, 4.69) is 4.98 Å². The standard InChI is InChI=1S/C12H15N3O8/c1-6(17)21-9-8(5-16)23-11(10(9)22-7(2)18)14-4-3-13-12(14)15(19)20/h3-4,8-11,16H,5H2,1-2H3/t8-,9-,10+,11-/m1/s1. The molecule has 1 saturated heterocycles. The van der Waals surface area contributed by atoms with Crippen molar-refractivity contribution in [1.29, 1.82) is 0 Å². The van der Waals surface area contributed by atoms with Crippen molar-refractivity contribution in [3.8, 4) is 0 Å². The van der Waals surface area contributed by atoms with Crippen LogP contribution >= 0.6 is 0 Å². The lowest BCUT2D eigenvalue weighted by atomic mass is 10.1. The number of carbonyl (C=O) groups excluding carboxylic acids is 2. The molecule has 4 atom stereocenters. The Balaban J connectivity index is 2.39. The van der Waals surface area contributed by atoms with E-state index in [0.29, 0.717) is 0 Å². The lowest BCUT2D eigenvalue weighted by Crippen LogP contribution is -2.40. The molecule has 23 heavy (non-hydrogen) atoms. The molecule has 2 heterocycles. The van der Waals surface area contributed by atoms with E-state index in [9.17, 15) is 24.8 Å². The third kappa shape index (κ3) is 3.46. The van der Waals surface area contributed by atoms with Crippen LogP contribution in [0, 0.1) is 10.1 Å². The van der Waals surface area contributed by atoms with Gasteiger partial charge in [-0.25, -0.2) is 0 Å². The summed E-state index contributed by atoms with van der Waals surface area (Å²) in [5.74, 6) is -1.90. The van der Waals surface area contributed by atoms with Crippen LogP contribution in [0.3, 0.4) is 0 Å². The predicted molar refractivity (Wildman–Crippen MR) is 71.0 cm³/mol. The zero-order valence-electron chi connectivity index (χ0n) is 12.3. The van der Waals surface area contributed by atoms with Crippen molar-refractivity contribution in [1.82, 2.24) is 9.55 Å². The molecule has 0 amide bonds. The fraction of sp³-hybridized carbons (Fsp3) is 0.583. The van der Waals surface area contributed by atoms with Gasteiger partial charge >= 0.3 is 17.9 Å². The van der Waals surface area contributed by atoms with Gasteiger partial charge in [-0.1, -0.05) is 4.98 Å². The minimum absolute atomic E-state index is 0.533. The number of esters is 2. The molecular weight excluding hydrogens is 314 g/mol. The third-order valence-electron chi connectivity index (χ3n) is 3.16. The van der Waals surface area contributed by atoms with Gasteiger partial charge in [-0.3, -0.25) is 9.59 Å². The topological polar surface area (TPSA) is 143 Å². The van der Waals surface area contributed by atoms with Crippen LogP contribution in [-0.2, 0) is 23.8 Å². The molecule has 0 radical (unpaired) electrons. The monoisotopic (exact) mass is 329 g/mol. The molecule has 0 bridgehead atoms. The summed E-state index contributed by atoms with van der Waals surface area (Å²) in [5.41, 5.74) is 0. The number of carbonyl (C=O) groups is 2. The van der Waals surface area contributed by atoms with E-state index in [1.165, 1.54) is 12.4 Å². The van der Waals surface area contributed by atoms with Crippen LogP contribution in [0.4, 0.5) is 5.95 Å². The normalized spacial score (nSPS) is 26.7. The second-order valence-corrected chi connectivity index (χ2v) is 4.79. The molecule has 2 rings (SSSR count). The second kappa shape index (κ2) is 6.71. The average molecular weight is 329 g/mol. The smallest absolute Gasteiger partial charge is 0.436 e. The van der Waals surface area contributed by atoms with E-state index in [4.69, 9.17) is 14.2 Å². The SMILES string of the molecule is CC(=O)O[C@H]1[C@H](OC(C)=O)[C@@H](CO)O[C@H]1n1ccnc1[N+](=O)[O-]. The Bertz CT molecular complexity index is 615. The van der Waals surface area contributed by atoms with Crippen molar-refractivity contribution < 1.29 is 33.8 Å². The minimum atomic E-state index is -1.17. The summed E-state index contributed by atoms with van der Waals surface area (Å²) >= 11 is 0. The van der Waals surface area contributed by atoms with Gasteiger partial charge in [0.15, 0.2) is 12.2 Å². The summed E-state index contributed by atoms with van der Waals surface area (Å²) in [6.07, 6.45) is -1.99. The largest absolute Gasteiger partial charge is 0.455 e. The van der Waals surface area contributed by atoms with Crippen LogP contribution in [0.1, 0.15) is 20.1 Å². The number of hydrogen-bond donors (Lipinski definition) is 1. The van der Waals surface area contributed by atoms with Gasteiger partial charge in [0.1, 0.15) is 18.5 Å². The van der Waals surface area contributed by atoms with Crippen LogP contribution in [0.2, 0.25) is 0 Å². The second-order valence-electron chi connectivity index (χ2n) is 4.79. The number of aromatic nitrogens is 2. The van der Waals surface area contributed by atoms with Gasteiger partial charge in [0.2, 0.25) is 6.23 Å². The van der Waals surface area contributed by atoms with Crippen LogP contribution < -0.4 is 0 Å². The predicted octanol–water partition coefficient (Wildman–Crippen LogP) is -0.456. The van der Waals surface area contributed by atoms with Crippen molar-refractivity contribution in [3.63, 3.8) is 0 Å². The Hall–Kier alpha value is -2.53. The molecule has 11 heteroatoms. The molecule has 126 valence electrons. The lowest BCUT2D eigenvalue weighted by Gasteiger charge is -2.22. The van der Waals surface area contributed by atoms with E-state index in [-0.39, 0.29) is 0 Å². The van der Waals surface area contributed by atoms with E-state index >= 15 is 0 Å². The summed E-state index contributed by atoms with van der Waals surface area (Å²) < 4.78 is 16.7. The van der Waals surface area contributed by atoms with E-state index in [0.717, 1.165) is 18.4 Å². The zero-order valence-corrected chi connectivity index (χ0v) is 12.3. The van der Waals surface area contributed by atoms with Gasteiger partial charge in [-0.05, 0) is 4.92 Å². The van der Waals surface area contributed by atoms with E-state index in [1.807, 2.05) is 0 Å². The molecular formula is C12H15N3O8. The Labute approximate surface area is 129 Å². The first-order valence-corrected chi connectivity index (χ1v) is 6.63. The molecule has 0 aliphatic carbocycles. The highest BCUT2D eigenvalue weighted by Gasteiger charge is 2.52. The molecule has 1 aliphatic heterocycles. The number of rotatable bonds is 5. The van der Waals surface area contributed by atoms with Crippen molar-refractivity contribution in [2.24, 2.45) is 0 Å². The van der Waals surface area contributed by atoms with Crippen LogP contribution in [0.25, 0.3) is 0 Å². The molecule has 0 saturated carbocycles. The first-order chi connectivity index (χ1) is 10.8. The minimum Gasteiger partial charge on any atom is -0.455 e. The highest BCUT2D eigenvalue weighted by molar-refractivity contribution is 5.67. The van der Waals surface area contributed by atoms with Crippen molar-refractivity contribution in [2.75, 3.05) is 6.61 Å². The number of ether oxygens (including phenoxy) is 3. The van der Waals surface area contributed by atoms with E-state index < -0.39 is 54.0 Å². The van der Waals surface area contributed by atoms with Gasteiger partial charge in [-0.2, -0.15) is 4.57 Å². The van der Waals surface area contributed by atoms with Gasteiger partial charge in [0.05, 0.1) is 6.61 Å². The molecule has 1 N–H and O–H groups in total. The van der Waals surface area contributed by atoms with Gasteiger partial charge in [0.25, 0.3) is 0 Å². The molecule has 1 aromatic heterocycles. The highest BCUT2D eigenvalue weighted by atomic mass is 16.7. The molecule has 1 aliphatic rings. The van der Waals surface area contributed by atoms with Gasteiger partial charge in [0, 0.05) is 13.8 Å². The highest BCUT2D eigenvalue weighted by Crippen LogP contribution is 2.35. The Morgan fingerprint density at radius 3 is 2.52 bits per heavy atom. The van der Waals surface area contributed by atoms with Crippen molar-refractivity contribution in [2.45, 2.75) is 38.4 Å². The van der Waals surface area contributed by atoms with Crippen LogP contribution in [0.15, 0.2) is 12.4 Å². The quantitative estimate of drug-likeness (QED) is 0.431. The fourth-order valence-corrected chi connectivity index (χ4v) is 2.38. The maximum Gasteiger partial charge on any atom is 0.436 e. The number of aliphatic hydroxyl groups is 1. The Kier molecular flexibility index (Phi) is 4.91. The first-order valence-electron chi connectivity index (χ1n) is 6.63. The molecule has 11 nitrogen and oxygen atoms in total. The Morgan fingerprint density at radius 2 is 2.00 bits per heavy atom. The summed E-state index contributed by atoms with van der Waals surface area (Å²) in [7, 11) is 0. The molecule has 1 fully saturated rings. The molecule has 0 spiro atoms. The lowest BCUT2D eigenvalue weighted by molar-refractivity contribution is -0.398. The fourth-order valence-electron chi connectivity index (χ4n) is 2.38. The van der Waals surface area contributed by atoms with Crippen molar-refractivity contribution >= 4 is 17.9 Å². The van der Waals surface area contributed by atoms with Gasteiger partial charge in [-0.15, -0.1) is 0 Å². The summed E-state index contributed by atoms with van der Waals surface area (Å²) in [4.78, 5) is 36.4. The number of nitro groups is 1. The Morgan fingerprint density at radius 1 is 1.39 bits per heavy atom. The average Bonchev–Trinajstić information content (AvgIpc) is 3.04. The number of aliphatic hydroxyl groups excluding tert-OH is 1. The number of imidazole rings is 1. The van der Waals surface area contributed by atoms with Crippen LogP contribution in [0.5, 0.6) is 0 Å². The maximum absolute atomic E-state index is 11.3. The molecule has 0 aromatic carbocycles. The van der Waals surface area contributed by atoms with Crippen molar-refractivity contribution in [3.05, 3.63) is 22.5 Å². The number of hydrogen-bond acceptors (Lipinski definition) is 9. The van der Waals surface area contributed by atoms with Gasteiger partial charge < -0.3 is 29.4 Å². The first kappa shape index (κ1) is 16.8. The van der Waals surface area contributed by atoms with Crippen LogP contribution in [-0.4, -0.2) is 56.4 Å². The molecule has 0 unspecified atom stereocenters. The zero-order chi connectivity index (χ0) is 17.1.